The van der Waals surface area contributed by atoms with Gasteiger partial charge in [-0.2, -0.15) is 0 Å². The van der Waals surface area contributed by atoms with Gasteiger partial charge in [-0.1, -0.05) is 37.8 Å². The van der Waals surface area contributed by atoms with Gasteiger partial charge < -0.3 is 5.32 Å². The molecule has 68 valence electrons. The first kappa shape index (κ1) is 11.2. The summed E-state index contributed by atoms with van der Waals surface area (Å²) in [5, 5.41) is 3.26. The Bertz CT molecular complexity index is 214. The molecule has 12 heavy (non-hydrogen) atoms. The molecule has 0 spiro atoms. The van der Waals surface area contributed by atoms with Gasteiger partial charge in [-0.15, -0.1) is 0 Å². The van der Waals surface area contributed by atoms with Crippen molar-refractivity contribution in [1.29, 1.82) is 0 Å². The lowest BCUT2D eigenvalue weighted by atomic mass is 9.95. The van der Waals surface area contributed by atoms with Crippen LogP contribution in [0.4, 0.5) is 0 Å². The van der Waals surface area contributed by atoms with E-state index < -0.39 is 0 Å². The summed E-state index contributed by atoms with van der Waals surface area (Å²) in [6, 6.07) is 10.4. The van der Waals surface area contributed by atoms with E-state index >= 15 is 0 Å². The molecule has 0 aliphatic heterocycles. The van der Waals surface area contributed by atoms with E-state index in [1.54, 1.807) is 0 Å². The van der Waals surface area contributed by atoms with Gasteiger partial charge in [-0.3, -0.25) is 0 Å². The number of hydrogen-bond acceptors (Lipinski definition) is 1. The Morgan fingerprint density at radius 3 is 2.00 bits per heavy atom. The second-order valence-electron chi connectivity index (χ2n) is 3.24. The van der Waals surface area contributed by atoms with Gasteiger partial charge in [0, 0.05) is 5.54 Å². The summed E-state index contributed by atoms with van der Waals surface area (Å²) in [5.74, 6) is 0. The lowest BCUT2D eigenvalue weighted by Crippen LogP contribution is -2.32. The summed E-state index contributed by atoms with van der Waals surface area (Å²) in [6.07, 6.45) is 0. The van der Waals surface area contributed by atoms with Crippen LogP contribution in [0.15, 0.2) is 30.3 Å². The summed E-state index contributed by atoms with van der Waals surface area (Å²) in [6.45, 7) is 4.34. The Kier molecular flexibility index (Phi) is 3.98. The maximum absolute atomic E-state index is 3.26. The highest BCUT2D eigenvalue weighted by Crippen LogP contribution is 2.17. The van der Waals surface area contributed by atoms with Crippen LogP contribution in [0, 0.1) is 0 Å². The van der Waals surface area contributed by atoms with Crippen molar-refractivity contribution >= 4 is 0 Å². The normalized spacial score (nSPS) is 10.6. The molecule has 0 aliphatic carbocycles. The second kappa shape index (κ2) is 4.27. The molecule has 1 aromatic rings. The highest BCUT2D eigenvalue weighted by molar-refractivity contribution is 5.22. The Morgan fingerprint density at radius 1 is 1.08 bits per heavy atom. The van der Waals surface area contributed by atoms with Crippen LogP contribution < -0.4 is 5.32 Å². The van der Waals surface area contributed by atoms with Crippen molar-refractivity contribution in [2.75, 3.05) is 7.05 Å². The molecule has 1 N–H and O–H groups in total. The molecule has 0 aromatic heterocycles. The van der Waals surface area contributed by atoms with E-state index in [9.17, 15) is 0 Å². The number of hydrogen-bond donors (Lipinski definition) is 1. The average molecular weight is 165 g/mol. The molecule has 0 radical (unpaired) electrons. The third-order valence-electron chi connectivity index (χ3n) is 2.12. The molecule has 1 rings (SSSR count). The Morgan fingerprint density at radius 2 is 1.58 bits per heavy atom. The summed E-state index contributed by atoms with van der Waals surface area (Å²) in [4.78, 5) is 0. The topological polar surface area (TPSA) is 12.0 Å². The molecule has 1 nitrogen and oxygen atoms in total. The van der Waals surface area contributed by atoms with E-state index in [1.807, 2.05) is 13.1 Å². The maximum atomic E-state index is 3.26. The monoisotopic (exact) mass is 165 g/mol. The summed E-state index contributed by atoms with van der Waals surface area (Å²) >= 11 is 0. The van der Waals surface area contributed by atoms with Gasteiger partial charge in [0.2, 0.25) is 0 Å². The number of rotatable bonds is 2. The molecular formula is C11H19N. The molecular weight excluding hydrogens is 146 g/mol. The molecule has 0 fully saturated rings. The minimum Gasteiger partial charge on any atom is -0.311 e. The van der Waals surface area contributed by atoms with Gasteiger partial charge in [0.05, 0.1) is 0 Å². The predicted molar refractivity (Wildman–Crippen MR) is 55.3 cm³/mol. The highest BCUT2D eigenvalue weighted by atomic mass is 14.9. The van der Waals surface area contributed by atoms with Gasteiger partial charge >= 0.3 is 0 Å². The van der Waals surface area contributed by atoms with Crippen LogP contribution in [-0.2, 0) is 5.54 Å². The van der Waals surface area contributed by atoms with E-state index in [0.29, 0.717) is 0 Å². The van der Waals surface area contributed by atoms with Gasteiger partial charge in [-0.25, -0.2) is 0 Å². The standard InChI is InChI=1S/C10H15N.CH4/c1-10(2,11-3)9-7-5-4-6-8-9;/h4-8,11H,1-3H3;1H4. The lowest BCUT2D eigenvalue weighted by Gasteiger charge is -2.24. The minimum absolute atomic E-state index is 0. The zero-order chi connectivity index (χ0) is 8.32. The quantitative estimate of drug-likeness (QED) is 0.710. The predicted octanol–water partition coefficient (Wildman–Crippen LogP) is 2.78. The third-order valence-corrected chi connectivity index (χ3v) is 2.12. The van der Waals surface area contributed by atoms with Crippen molar-refractivity contribution in [3.63, 3.8) is 0 Å². The van der Waals surface area contributed by atoms with Crippen LogP contribution in [0.25, 0.3) is 0 Å². The SMILES string of the molecule is C.CNC(C)(C)c1ccccc1. The zero-order valence-corrected chi connectivity index (χ0v) is 7.39. The van der Waals surface area contributed by atoms with Crippen molar-refractivity contribution < 1.29 is 0 Å². The van der Waals surface area contributed by atoms with Gasteiger partial charge in [0.1, 0.15) is 0 Å². The van der Waals surface area contributed by atoms with Crippen molar-refractivity contribution in [3.05, 3.63) is 35.9 Å². The fraction of sp³-hybridized carbons (Fsp3) is 0.455. The van der Waals surface area contributed by atoms with Gasteiger partial charge in [0.15, 0.2) is 0 Å². The molecule has 0 atom stereocenters. The molecule has 1 heteroatoms. The van der Waals surface area contributed by atoms with Crippen LogP contribution in [-0.4, -0.2) is 7.05 Å². The first-order valence-electron chi connectivity index (χ1n) is 3.91. The lowest BCUT2D eigenvalue weighted by molar-refractivity contribution is 0.445. The maximum Gasteiger partial charge on any atom is 0.0374 e. The van der Waals surface area contributed by atoms with E-state index in [4.69, 9.17) is 0 Å². The molecule has 0 saturated heterocycles. The fourth-order valence-electron chi connectivity index (χ4n) is 0.999. The van der Waals surface area contributed by atoms with Gasteiger partial charge in [0.25, 0.3) is 0 Å². The average Bonchev–Trinajstić information content (AvgIpc) is 2.06. The Labute approximate surface area is 75.8 Å². The fourth-order valence-corrected chi connectivity index (χ4v) is 0.999. The first-order chi connectivity index (χ1) is 5.17. The summed E-state index contributed by atoms with van der Waals surface area (Å²) in [5.41, 5.74) is 1.41. The molecule has 0 unspecified atom stereocenters. The van der Waals surface area contributed by atoms with Gasteiger partial charge in [-0.05, 0) is 26.5 Å². The van der Waals surface area contributed by atoms with Crippen LogP contribution in [0.3, 0.4) is 0 Å². The molecule has 1 aromatic carbocycles. The molecule has 0 aliphatic rings. The van der Waals surface area contributed by atoms with E-state index in [2.05, 4.69) is 43.4 Å². The minimum atomic E-state index is 0. The van der Waals surface area contributed by atoms with Crippen molar-refractivity contribution in [2.45, 2.75) is 26.8 Å². The van der Waals surface area contributed by atoms with E-state index in [-0.39, 0.29) is 13.0 Å². The Hall–Kier alpha value is -0.820. The van der Waals surface area contributed by atoms with Crippen molar-refractivity contribution in [3.8, 4) is 0 Å². The van der Waals surface area contributed by atoms with E-state index in [1.165, 1.54) is 5.56 Å². The summed E-state index contributed by atoms with van der Waals surface area (Å²) in [7, 11) is 1.98. The smallest absolute Gasteiger partial charge is 0.0374 e. The molecule has 0 amide bonds. The van der Waals surface area contributed by atoms with Crippen LogP contribution >= 0.6 is 0 Å². The number of nitrogens with one attached hydrogen (secondary N) is 1. The van der Waals surface area contributed by atoms with Crippen molar-refractivity contribution in [1.82, 2.24) is 5.32 Å². The van der Waals surface area contributed by atoms with Crippen LogP contribution in [0.2, 0.25) is 0 Å². The van der Waals surface area contributed by atoms with E-state index in [0.717, 1.165) is 0 Å². The highest BCUT2D eigenvalue weighted by Gasteiger charge is 2.15. The van der Waals surface area contributed by atoms with Crippen molar-refractivity contribution in [2.24, 2.45) is 0 Å². The van der Waals surface area contributed by atoms with Crippen LogP contribution in [0.1, 0.15) is 26.8 Å². The third kappa shape index (κ3) is 2.35. The zero-order valence-electron chi connectivity index (χ0n) is 7.39. The largest absolute Gasteiger partial charge is 0.311 e. The molecule has 0 bridgehead atoms. The number of benzene rings is 1. The molecule has 0 saturated carbocycles. The second-order valence-corrected chi connectivity index (χ2v) is 3.24. The summed E-state index contributed by atoms with van der Waals surface area (Å²) < 4.78 is 0. The molecule has 0 heterocycles. The first-order valence-corrected chi connectivity index (χ1v) is 3.91. The van der Waals surface area contributed by atoms with Crippen LogP contribution in [0.5, 0.6) is 0 Å². The Balaban J connectivity index is 0.00000121.